The molecule has 120 valence electrons. The molecule has 1 amide bonds. The van der Waals surface area contributed by atoms with Gasteiger partial charge in [0.05, 0.1) is 26.9 Å². The number of benzene rings is 1. The summed E-state index contributed by atoms with van der Waals surface area (Å²) in [5.41, 5.74) is 0.269. The van der Waals surface area contributed by atoms with Gasteiger partial charge < -0.3 is 5.32 Å². The predicted octanol–water partition coefficient (Wildman–Crippen LogP) is 3.02. The van der Waals surface area contributed by atoms with Gasteiger partial charge in [0, 0.05) is 11.9 Å². The Labute approximate surface area is 132 Å². The lowest BCUT2D eigenvalue weighted by Crippen LogP contribution is -2.15. The zero-order valence-electron chi connectivity index (χ0n) is 11.7. The lowest BCUT2D eigenvalue weighted by molar-refractivity contribution is -0.141. The van der Waals surface area contributed by atoms with Crippen LogP contribution in [0.2, 0.25) is 0 Å². The number of hydrogen-bond acceptors (Lipinski definition) is 3. The van der Waals surface area contributed by atoms with Gasteiger partial charge in [-0.05, 0) is 30.2 Å². The van der Waals surface area contributed by atoms with Crippen molar-refractivity contribution < 1.29 is 22.2 Å². The average Bonchev–Trinajstić information content (AvgIpc) is 2.89. The molecule has 23 heavy (non-hydrogen) atoms. The van der Waals surface area contributed by atoms with Gasteiger partial charge in [-0.2, -0.15) is 13.2 Å². The Bertz CT molecular complexity index is 788. The third kappa shape index (κ3) is 3.12. The van der Waals surface area contributed by atoms with E-state index in [0.29, 0.717) is 22.8 Å². The van der Waals surface area contributed by atoms with Crippen LogP contribution in [0.1, 0.15) is 21.6 Å². The molecule has 1 N–H and O–H groups in total. The number of fused-ring (bicyclic) bond motifs is 1. The molecule has 8 heteroatoms. The highest BCUT2D eigenvalue weighted by atomic mass is 32.2. The van der Waals surface area contributed by atoms with Gasteiger partial charge in [-0.3, -0.25) is 14.0 Å². The molecule has 3 rings (SSSR count). The highest BCUT2D eigenvalue weighted by Gasteiger charge is 2.32. The Morgan fingerprint density at radius 1 is 1.22 bits per heavy atom. The summed E-state index contributed by atoms with van der Waals surface area (Å²) >= 11 is 0. The Balaban J connectivity index is 1.83. The van der Waals surface area contributed by atoms with E-state index in [-0.39, 0.29) is 5.56 Å². The first-order chi connectivity index (χ1) is 10.9. The van der Waals surface area contributed by atoms with Gasteiger partial charge in [0.2, 0.25) is 0 Å². The molecule has 1 aliphatic rings. The van der Waals surface area contributed by atoms with E-state index < -0.39 is 28.6 Å². The van der Waals surface area contributed by atoms with E-state index in [1.807, 2.05) is 6.07 Å². The summed E-state index contributed by atoms with van der Waals surface area (Å²) in [4.78, 5) is 16.0. The number of aryl methyl sites for hydroxylation is 1. The third-order valence-corrected chi connectivity index (χ3v) is 4.96. The van der Waals surface area contributed by atoms with Crippen LogP contribution in [-0.2, 0) is 23.4 Å². The summed E-state index contributed by atoms with van der Waals surface area (Å²) in [7, 11) is -1.18. The van der Waals surface area contributed by atoms with Crippen LogP contribution in [0, 0.1) is 0 Å². The van der Waals surface area contributed by atoms with E-state index in [4.69, 9.17) is 0 Å². The van der Waals surface area contributed by atoms with E-state index in [1.54, 1.807) is 12.1 Å². The van der Waals surface area contributed by atoms with Crippen LogP contribution in [0.5, 0.6) is 0 Å². The maximum absolute atomic E-state index is 12.5. The minimum atomic E-state index is -4.55. The first-order valence-electron chi connectivity index (χ1n) is 6.71. The van der Waals surface area contributed by atoms with Crippen molar-refractivity contribution in [3.63, 3.8) is 0 Å². The molecule has 1 aromatic heterocycles. The van der Waals surface area contributed by atoms with E-state index in [2.05, 4.69) is 10.3 Å². The Morgan fingerprint density at radius 3 is 2.65 bits per heavy atom. The number of anilines is 1. The Morgan fingerprint density at radius 2 is 2.00 bits per heavy atom. The molecule has 0 radical (unpaired) electrons. The van der Waals surface area contributed by atoms with Crippen molar-refractivity contribution in [2.75, 3.05) is 11.1 Å². The van der Waals surface area contributed by atoms with Crippen LogP contribution in [0.25, 0.3) is 0 Å². The number of amides is 1. The zero-order valence-corrected chi connectivity index (χ0v) is 12.5. The van der Waals surface area contributed by atoms with Gasteiger partial charge in [-0.1, -0.05) is 12.1 Å². The van der Waals surface area contributed by atoms with E-state index in [9.17, 15) is 22.2 Å². The lowest BCUT2D eigenvalue weighted by atomic mass is 10.1. The number of hydrogen-bond donors (Lipinski definition) is 1. The minimum Gasteiger partial charge on any atom is -0.321 e. The molecule has 1 aromatic carbocycles. The summed E-state index contributed by atoms with van der Waals surface area (Å²) in [6.45, 7) is 0. The van der Waals surface area contributed by atoms with E-state index >= 15 is 0 Å². The van der Waals surface area contributed by atoms with Crippen LogP contribution < -0.4 is 5.32 Å². The number of halogens is 3. The molecule has 0 spiro atoms. The molecule has 0 bridgehead atoms. The maximum atomic E-state index is 12.5. The maximum Gasteiger partial charge on any atom is 0.433 e. The fraction of sp³-hybridized carbons (Fsp3) is 0.200. The third-order valence-electron chi connectivity index (χ3n) is 3.45. The number of pyridine rings is 1. The quantitative estimate of drug-likeness (QED) is 0.914. The Kier molecular flexibility index (Phi) is 3.93. The first kappa shape index (κ1) is 15.7. The van der Waals surface area contributed by atoms with Gasteiger partial charge in [0.1, 0.15) is 5.69 Å². The summed E-state index contributed by atoms with van der Waals surface area (Å²) in [5, 5.41) is 2.59. The fourth-order valence-corrected chi connectivity index (χ4v) is 3.78. The largest absolute Gasteiger partial charge is 0.433 e. The van der Waals surface area contributed by atoms with Crippen molar-refractivity contribution in [3.8, 4) is 0 Å². The molecular formula is C15H11F3N2O2S. The van der Waals surface area contributed by atoms with Gasteiger partial charge in [-0.15, -0.1) is 0 Å². The predicted molar refractivity (Wildman–Crippen MR) is 78.6 cm³/mol. The second-order valence-electron chi connectivity index (χ2n) is 4.98. The second-order valence-corrected chi connectivity index (χ2v) is 6.49. The number of rotatable bonds is 2. The van der Waals surface area contributed by atoms with Crippen molar-refractivity contribution in [1.29, 1.82) is 0 Å². The van der Waals surface area contributed by atoms with Crippen LogP contribution >= 0.6 is 0 Å². The summed E-state index contributed by atoms with van der Waals surface area (Å²) < 4.78 is 49.4. The van der Waals surface area contributed by atoms with Gasteiger partial charge in [0.15, 0.2) is 0 Å². The van der Waals surface area contributed by atoms with Crippen molar-refractivity contribution >= 4 is 22.4 Å². The smallest absolute Gasteiger partial charge is 0.321 e. The molecule has 2 heterocycles. The van der Waals surface area contributed by atoms with Crippen LogP contribution in [-0.4, -0.2) is 20.9 Å². The first-order valence-corrected chi connectivity index (χ1v) is 8.03. The highest BCUT2D eigenvalue weighted by Crippen LogP contribution is 2.31. The van der Waals surface area contributed by atoms with E-state index in [0.717, 1.165) is 23.9 Å². The van der Waals surface area contributed by atoms with Crippen molar-refractivity contribution in [2.45, 2.75) is 17.5 Å². The number of carbonyl (C=O) groups is 1. The average molecular weight is 340 g/mol. The Hall–Kier alpha value is -2.22. The number of aromatic nitrogens is 1. The minimum absolute atomic E-state index is 0.000572. The molecule has 4 nitrogen and oxygen atoms in total. The SMILES string of the molecule is O=C(Nc1cccc2c1S(=O)CC2)c1ccc(C(F)(F)F)nc1. The van der Waals surface area contributed by atoms with Crippen molar-refractivity contribution in [3.05, 3.63) is 53.3 Å². The van der Waals surface area contributed by atoms with Crippen LogP contribution in [0.3, 0.4) is 0 Å². The summed E-state index contributed by atoms with van der Waals surface area (Å²) in [6, 6.07) is 7.02. The molecule has 0 saturated carbocycles. The molecule has 1 atom stereocenters. The van der Waals surface area contributed by atoms with Gasteiger partial charge in [0.25, 0.3) is 5.91 Å². The number of nitrogens with one attached hydrogen (secondary N) is 1. The molecule has 0 saturated heterocycles. The summed E-state index contributed by atoms with van der Waals surface area (Å²) in [5.74, 6) is -0.0899. The molecule has 2 aromatic rings. The van der Waals surface area contributed by atoms with Gasteiger partial charge >= 0.3 is 6.18 Å². The lowest BCUT2D eigenvalue weighted by Gasteiger charge is -2.10. The molecule has 0 aliphatic carbocycles. The number of nitrogens with zero attached hydrogens (tertiary/aromatic N) is 1. The molecule has 1 aliphatic heterocycles. The topological polar surface area (TPSA) is 59.1 Å². The standard InChI is InChI=1S/C15H11F3N2O2S/c16-15(17,18)12-5-4-10(8-19-12)14(21)20-11-3-1-2-9-6-7-23(22)13(9)11/h1-5,8H,6-7H2,(H,20,21). The molecule has 0 fully saturated rings. The summed E-state index contributed by atoms with van der Waals surface area (Å²) in [6.07, 6.45) is -3.00. The molecular weight excluding hydrogens is 329 g/mol. The number of alkyl halides is 3. The van der Waals surface area contributed by atoms with Crippen LogP contribution in [0.4, 0.5) is 18.9 Å². The second kappa shape index (κ2) is 5.77. The highest BCUT2D eigenvalue weighted by molar-refractivity contribution is 7.85. The monoisotopic (exact) mass is 340 g/mol. The van der Waals surface area contributed by atoms with Crippen LogP contribution in [0.15, 0.2) is 41.4 Å². The zero-order chi connectivity index (χ0) is 16.6. The fourth-order valence-electron chi connectivity index (χ4n) is 2.34. The number of carbonyl (C=O) groups excluding carboxylic acids is 1. The van der Waals surface area contributed by atoms with E-state index in [1.165, 1.54) is 0 Å². The normalized spacial score (nSPS) is 16.9. The van der Waals surface area contributed by atoms with Gasteiger partial charge in [-0.25, -0.2) is 0 Å². The van der Waals surface area contributed by atoms with Crippen molar-refractivity contribution in [2.24, 2.45) is 0 Å². The molecule has 1 unspecified atom stereocenters. The van der Waals surface area contributed by atoms with Crippen molar-refractivity contribution in [1.82, 2.24) is 4.98 Å².